The quantitative estimate of drug-likeness (QED) is 0.545. The van der Waals surface area contributed by atoms with Gasteiger partial charge in [0.15, 0.2) is 0 Å². The number of aliphatic imine (C=N–C) groups is 1. The Morgan fingerprint density at radius 2 is 2.08 bits per heavy atom. The highest BCUT2D eigenvalue weighted by atomic mass is 14.7. The van der Waals surface area contributed by atoms with Crippen LogP contribution < -0.4 is 0 Å². The fourth-order valence-electron chi connectivity index (χ4n) is 1.68. The molecule has 1 heterocycles. The van der Waals surface area contributed by atoms with E-state index in [9.17, 15) is 0 Å². The standard InChI is InChI=1S/C12H21N/c1-11(2)12-7-3-5-9-13-10-6-4-8-12/h7,9,11H,3-6,8,10H2,1-2H3/b12-7-,13-9?. The molecule has 0 aromatic heterocycles. The van der Waals surface area contributed by atoms with Crippen molar-refractivity contribution in [3.05, 3.63) is 11.6 Å². The van der Waals surface area contributed by atoms with E-state index in [2.05, 4.69) is 31.1 Å². The monoisotopic (exact) mass is 179 g/mol. The van der Waals surface area contributed by atoms with E-state index in [-0.39, 0.29) is 0 Å². The first kappa shape index (κ1) is 10.5. The summed E-state index contributed by atoms with van der Waals surface area (Å²) in [5.74, 6) is 0.733. The lowest BCUT2D eigenvalue weighted by molar-refractivity contribution is 0.652. The van der Waals surface area contributed by atoms with Crippen LogP contribution in [-0.2, 0) is 0 Å². The summed E-state index contributed by atoms with van der Waals surface area (Å²) in [6.45, 7) is 5.63. The van der Waals surface area contributed by atoms with Gasteiger partial charge in [0.1, 0.15) is 0 Å². The first-order chi connectivity index (χ1) is 6.30. The van der Waals surface area contributed by atoms with Gasteiger partial charge in [0.25, 0.3) is 0 Å². The first-order valence-corrected chi connectivity index (χ1v) is 5.48. The topological polar surface area (TPSA) is 12.4 Å². The summed E-state index contributed by atoms with van der Waals surface area (Å²) in [5.41, 5.74) is 1.65. The number of hydrogen-bond donors (Lipinski definition) is 0. The molecule has 0 bridgehead atoms. The van der Waals surface area contributed by atoms with Gasteiger partial charge in [-0.3, -0.25) is 4.99 Å². The molecule has 1 nitrogen and oxygen atoms in total. The Kier molecular flexibility index (Phi) is 4.81. The lowest BCUT2D eigenvalue weighted by atomic mass is 9.96. The highest BCUT2D eigenvalue weighted by molar-refractivity contribution is 5.57. The van der Waals surface area contributed by atoms with Gasteiger partial charge in [-0.05, 0) is 44.2 Å². The summed E-state index contributed by atoms with van der Waals surface area (Å²) in [6, 6.07) is 0. The van der Waals surface area contributed by atoms with Gasteiger partial charge in [0.05, 0.1) is 0 Å². The summed E-state index contributed by atoms with van der Waals surface area (Å²) >= 11 is 0. The van der Waals surface area contributed by atoms with Gasteiger partial charge >= 0.3 is 0 Å². The number of hydrogen-bond acceptors (Lipinski definition) is 1. The van der Waals surface area contributed by atoms with E-state index in [0.29, 0.717) is 0 Å². The van der Waals surface area contributed by atoms with Crippen LogP contribution in [0.1, 0.15) is 46.0 Å². The molecule has 0 fully saturated rings. The van der Waals surface area contributed by atoms with E-state index >= 15 is 0 Å². The number of rotatable bonds is 1. The zero-order chi connectivity index (χ0) is 9.52. The van der Waals surface area contributed by atoms with Gasteiger partial charge in [-0.2, -0.15) is 0 Å². The van der Waals surface area contributed by atoms with Gasteiger partial charge in [0.2, 0.25) is 0 Å². The first-order valence-electron chi connectivity index (χ1n) is 5.48. The van der Waals surface area contributed by atoms with Crippen molar-refractivity contribution in [1.29, 1.82) is 0 Å². The van der Waals surface area contributed by atoms with Crippen LogP contribution in [0.4, 0.5) is 0 Å². The maximum absolute atomic E-state index is 4.35. The molecule has 0 atom stereocenters. The van der Waals surface area contributed by atoms with Crippen molar-refractivity contribution in [2.75, 3.05) is 6.54 Å². The molecule has 0 aromatic carbocycles. The zero-order valence-corrected chi connectivity index (χ0v) is 8.92. The molecule has 0 saturated carbocycles. The third-order valence-corrected chi connectivity index (χ3v) is 2.58. The van der Waals surface area contributed by atoms with Gasteiger partial charge in [-0.1, -0.05) is 25.5 Å². The molecule has 1 rings (SSSR count). The molecule has 0 amide bonds. The summed E-state index contributed by atoms with van der Waals surface area (Å²) in [6.07, 6.45) is 10.6. The second-order valence-corrected chi connectivity index (χ2v) is 4.06. The maximum Gasteiger partial charge on any atom is 0.0385 e. The lowest BCUT2D eigenvalue weighted by Crippen LogP contribution is -1.97. The maximum atomic E-state index is 4.35. The second-order valence-electron chi connectivity index (χ2n) is 4.06. The Hall–Kier alpha value is -0.590. The third kappa shape index (κ3) is 4.25. The Bertz CT molecular complexity index is 189. The molecule has 0 radical (unpaired) electrons. The van der Waals surface area contributed by atoms with Crippen molar-refractivity contribution in [2.24, 2.45) is 10.9 Å². The van der Waals surface area contributed by atoms with Crippen molar-refractivity contribution < 1.29 is 0 Å². The molecule has 0 aliphatic carbocycles. The Morgan fingerprint density at radius 1 is 1.23 bits per heavy atom. The predicted octanol–water partition coefficient (Wildman–Crippen LogP) is 3.60. The molecule has 74 valence electrons. The average Bonchev–Trinajstić information content (AvgIpc) is 2.14. The van der Waals surface area contributed by atoms with E-state index in [4.69, 9.17) is 0 Å². The molecule has 1 aliphatic rings. The summed E-state index contributed by atoms with van der Waals surface area (Å²) < 4.78 is 0. The highest BCUT2D eigenvalue weighted by Crippen LogP contribution is 2.18. The molecule has 0 spiro atoms. The van der Waals surface area contributed by atoms with E-state index in [0.717, 1.165) is 18.9 Å². The molecule has 1 aliphatic heterocycles. The Labute approximate surface area is 82.0 Å². The largest absolute Gasteiger partial charge is 0.298 e. The van der Waals surface area contributed by atoms with Crippen LogP contribution in [0.15, 0.2) is 16.6 Å². The van der Waals surface area contributed by atoms with Crippen molar-refractivity contribution >= 4 is 6.21 Å². The molecular formula is C12H21N. The molecule has 1 heteroatoms. The molecule has 13 heavy (non-hydrogen) atoms. The van der Waals surface area contributed by atoms with Crippen molar-refractivity contribution in [2.45, 2.75) is 46.0 Å². The van der Waals surface area contributed by atoms with Crippen LogP contribution in [0, 0.1) is 5.92 Å². The minimum Gasteiger partial charge on any atom is -0.298 e. The minimum atomic E-state index is 0.733. The van der Waals surface area contributed by atoms with E-state index in [1.54, 1.807) is 5.57 Å². The number of allylic oxidation sites excluding steroid dienone is 2. The van der Waals surface area contributed by atoms with Crippen molar-refractivity contribution in [3.63, 3.8) is 0 Å². The van der Waals surface area contributed by atoms with E-state index in [1.807, 2.05) is 0 Å². The van der Waals surface area contributed by atoms with Gasteiger partial charge in [-0.15, -0.1) is 0 Å². The molecule has 0 aromatic rings. The summed E-state index contributed by atoms with van der Waals surface area (Å²) in [7, 11) is 0. The predicted molar refractivity (Wildman–Crippen MR) is 59.4 cm³/mol. The number of nitrogens with zero attached hydrogens (tertiary/aromatic N) is 1. The van der Waals surface area contributed by atoms with Gasteiger partial charge in [0, 0.05) is 6.54 Å². The average molecular weight is 179 g/mol. The smallest absolute Gasteiger partial charge is 0.0385 e. The molecule has 0 saturated heterocycles. The van der Waals surface area contributed by atoms with Gasteiger partial charge in [-0.25, -0.2) is 0 Å². The second kappa shape index (κ2) is 5.95. The zero-order valence-electron chi connectivity index (χ0n) is 8.92. The minimum absolute atomic E-state index is 0.733. The van der Waals surface area contributed by atoms with Crippen LogP contribution in [0.3, 0.4) is 0 Å². The van der Waals surface area contributed by atoms with Crippen LogP contribution in [0.25, 0.3) is 0 Å². The molecule has 0 unspecified atom stereocenters. The summed E-state index contributed by atoms with van der Waals surface area (Å²) in [5, 5.41) is 0. The SMILES string of the molecule is CC(C)/C1=C\CCC=NCCCC1. The van der Waals surface area contributed by atoms with Crippen LogP contribution in [0.5, 0.6) is 0 Å². The third-order valence-electron chi connectivity index (χ3n) is 2.58. The van der Waals surface area contributed by atoms with Crippen molar-refractivity contribution in [3.8, 4) is 0 Å². The highest BCUT2D eigenvalue weighted by Gasteiger charge is 2.02. The summed E-state index contributed by atoms with van der Waals surface area (Å²) in [4.78, 5) is 4.35. The van der Waals surface area contributed by atoms with Crippen LogP contribution in [-0.4, -0.2) is 12.8 Å². The van der Waals surface area contributed by atoms with Crippen LogP contribution >= 0.6 is 0 Å². The fourth-order valence-corrected chi connectivity index (χ4v) is 1.68. The molecule has 0 N–H and O–H groups in total. The van der Waals surface area contributed by atoms with E-state index in [1.165, 1.54) is 25.7 Å². The molecular weight excluding hydrogens is 158 g/mol. The fraction of sp³-hybridized carbons (Fsp3) is 0.750. The lowest BCUT2D eigenvalue weighted by Gasteiger charge is -2.11. The Morgan fingerprint density at radius 3 is 2.85 bits per heavy atom. The van der Waals surface area contributed by atoms with Crippen molar-refractivity contribution in [1.82, 2.24) is 0 Å². The Balaban J connectivity index is 2.49. The van der Waals surface area contributed by atoms with Gasteiger partial charge < -0.3 is 0 Å². The normalized spacial score (nSPS) is 24.1. The van der Waals surface area contributed by atoms with Crippen LogP contribution in [0.2, 0.25) is 0 Å². The van der Waals surface area contributed by atoms with E-state index < -0.39 is 0 Å².